The molecular weight excluding hydrogens is 418 g/mol. The molecule has 6 nitrogen and oxygen atoms in total. The van der Waals surface area contributed by atoms with Crippen LogP contribution < -0.4 is 5.32 Å². The fraction of sp³-hybridized carbons (Fsp3) is 0.227. The monoisotopic (exact) mass is 439 g/mol. The number of rotatable bonds is 5. The van der Waals surface area contributed by atoms with Crippen LogP contribution in [-0.4, -0.2) is 35.1 Å². The molecule has 2 aliphatic rings. The highest BCUT2D eigenvalue weighted by molar-refractivity contribution is 8.24. The van der Waals surface area contributed by atoms with Gasteiger partial charge in [0.1, 0.15) is 5.84 Å². The van der Waals surface area contributed by atoms with Crippen LogP contribution in [0.25, 0.3) is 0 Å². The summed E-state index contributed by atoms with van der Waals surface area (Å²) < 4.78 is 7.43. The fourth-order valence-corrected chi connectivity index (χ4v) is 6.14. The summed E-state index contributed by atoms with van der Waals surface area (Å²) in [7, 11) is 1.36. The number of anilines is 1. The molecule has 1 unspecified atom stereocenters. The van der Waals surface area contributed by atoms with Gasteiger partial charge in [0.2, 0.25) is 0 Å². The smallest absolute Gasteiger partial charge is 0.316 e. The van der Waals surface area contributed by atoms with Crippen molar-refractivity contribution in [3.05, 3.63) is 74.1 Å². The minimum Gasteiger partial charge on any atom is -0.468 e. The molecule has 2 aromatic rings. The lowest BCUT2D eigenvalue weighted by atomic mass is 9.89. The number of para-hydroxylation sites is 1. The molecule has 30 heavy (non-hydrogen) atoms. The third kappa shape index (κ3) is 3.50. The van der Waals surface area contributed by atoms with Gasteiger partial charge >= 0.3 is 5.97 Å². The molecule has 0 saturated heterocycles. The van der Waals surface area contributed by atoms with Crippen molar-refractivity contribution in [2.24, 2.45) is 0 Å². The Balaban J connectivity index is 1.73. The number of aryl methyl sites for hydroxylation is 1. The number of nitrogens with one attached hydrogen (secondary N) is 2. The Hall–Kier alpha value is -2.71. The van der Waals surface area contributed by atoms with Crippen LogP contribution in [0.1, 0.15) is 24.1 Å². The predicted octanol–water partition coefficient (Wildman–Crippen LogP) is 4.50. The second-order valence-electron chi connectivity index (χ2n) is 6.99. The number of carbonyl (C=O) groups excluding carboxylic acids is 2. The minimum absolute atomic E-state index is 0.162. The maximum atomic E-state index is 13.4. The third-order valence-corrected chi connectivity index (χ3v) is 7.58. The number of hydrogen-bond acceptors (Lipinski definition) is 6. The zero-order valence-electron chi connectivity index (χ0n) is 16.8. The number of nitrogens with zero attached hydrogens (tertiary/aromatic N) is 1. The standard InChI is InChI=1S/C22H21N3O3S2/c1-12-7-4-5-8-14(12)24-21(27)17-13(2)30-22(29-11-16(26)28-3)19-18(17)15-9-6-10-25(15)20(19)23/h4-10,18,23H,11H2,1-3H3,(H,24,27). The number of amides is 1. The first kappa shape index (κ1) is 20.6. The zero-order chi connectivity index (χ0) is 21.4. The summed E-state index contributed by atoms with van der Waals surface area (Å²) >= 11 is 2.80. The van der Waals surface area contributed by atoms with Crippen molar-refractivity contribution < 1.29 is 14.3 Å². The van der Waals surface area contributed by atoms with Gasteiger partial charge in [-0.3, -0.25) is 15.0 Å². The number of thioether (sulfide) groups is 2. The topological polar surface area (TPSA) is 84.2 Å². The quantitative estimate of drug-likeness (QED) is 0.671. The van der Waals surface area contributed by atoms with Gasteiger partial charge in [0.25, 0.3) is 5.91 Å². The Kier molecular flexibility index (Phi) is 5.62. The highest BCUT2D eigenvalue weighted by Gasteiger charge is 2.43. The summed E-state index contributed by atoms with van der Waals surface area (Å²) in [6.07, 6.45) is 1.84. The molecule has 0 aliphatic carbocycles. The van der Waals surface area contributed by atoms with Crippen LogP contribution in [0.5, 0.6) is 0 Å². The van der Waals surface area contributed by atoms with Gasteiger partial charge in [-0.05, 0) is 42.5 Å². The summed E-state index contributed by atoms with van der Waals surface area (Å²) in [4.78, 5) is 25.9. The number of methoxy groups -OCH3 is 1. The number of esters is 1. The predicted molar refractivity (Wildman–Crippen MR) is 122 cm³/mol. The molecule has 2 aliphatic heterocycles. The number of allylic oxidation sites excluding steroid dienone is 2. The average Bonchev–Trinajstić information content (AvgIpc) is 3.31. The van der Waals surface area contributed by atoms with Crippen molar-refractivity contribution >= 4 is 46.9 Å². The molecule has 0 spiro atoms. The molecule has 4 rings (SSSR count). The number of benzene rings is 1. The minimum atomic E-state index is -0.335. The molecule has 1 aromatic carbocycles. The molecule has 3 heterocycles. The Morgan fingerprint density at radius 2 is 2.00 bits per heavy atom. The Labute approximate surface area is 183 Å². The maximum Gasteiger partial charge on any atom is 0.316 e. The largest absolute Gasteiger partial charge is 0.468 e. The lowest BCUT2D eigenvalue weighted by Crippen LogP contribution is -2.23. The summed E-state index contributed by atoms with van der Waals surface area (Å²) in [5.74, 6) is -0.322. The van der Waals surface area contributed by atoms with Gasteiger partial charge in [0.15, 0.2) is 0 Å². The SMILES string of the molecule is COC(=O)CSC1=C2C(=N)n3cccc3C2C(C(=O)Nc2ccccc2C)=C(C)S1. The van der Waals surface area contributed by atoms with E-state index in [4.69, 9.17) is 10.1 Å². The van der Waals surface area contributed by atoms with E-state index in [2.05, 4.69) is 5.32 Å². The summed E-state index contributed by atoms with van der Waals surface area (Å²) in [5, 5.41) is 11.7. The van der Waals surface area contributed by atoms with Gasteiger partial charge in [0.05, 0.1) is 23.0 Å². The van der Waals surface area contributed by atoms with Gasteiger partial charge < -0.3 is 14.6 Å². The van der Waals surface area contributed by atoms with E-state index in [0.717, 1.165) is 31.7 Å². The van der Waals surface area contributed by atoms with E-state index in [-0.39, 0.29) is 23.5 Å². The van der Waals surface area contributed by atoms with Crippen molar-refractivity contribution in [1.29, 1.82) is 5.41 Å². The van der Waals surface area contributed by atoms with Crippen molar-refractivity contribution in [3.63, 3.8) is 0 Å². The van der Waals surface area contributed by atoms with Crippen molar-refractivity contribution in [2.75, 3.05) is 18.2 Å². The molecule has 0 radical (unpaired) electrons. The number of carbonyl (C=O) groups is 2. The van der Waals surface area contributed by atoms with Gasteiger partial charge in [-0.2, -0.15) is 0 Å². The summed E-state index contributed by atoms with van der Waals surface area (Å²) in [5.41, 5.74) is 4.06. The van der Waals surface area contributed by atoms with Crippen molar-refractivity contribution in [3.8, 4) is 0 Å². The number of aromatic nitrogens is 1. The highest BCUT2D eigenvalue weighted by atomic mass is 32.2. The summed E-state index contributed by atoms with van der Waals surface area (Å²) in [6.45, 7) is 3.87. The van der Waals surface area contributed by atoms with E-state index in [1.807, 2.05) is 56.4 Å². The van der Waals surface area contributed by atoms with Gasteiger partial charge in [-0.25, -0.2) is 0 Å². The van der Waals surface area contributed by atoms with E-state index >= 15 is 0 Å². The molecule has 0 fully saturated rings. The summed E-state index contributed by atoms with van der Waals surface area (Å²) in [6, 6.07) is 11.5. The van der Waals surface area contributed by atoms with Gasteiger partial charge in [-0.15, -0.1) is 11.8 Å². The van der Waals surface area contributed by atoms with Crippen LogP contribution in [0, 0.1) is 12.3 Å². The first-order chi connectivity index (χ1) is 14.4. The normalized spacial score (nSPS) is 17.7. The highest BCUT2D eigenvalue weighted by Crippen LogP contribution is 2.53. The van der Waals surface area contributed by atoms with Crippen LogP contribution in [0.4, 0.5) is 5.69 Å². The van der Waals surface area contributed by atoms with Crippen LogP contribution in [-0.2, 0) is 14.3 Å². The lowest BCUT2D eigenvalue weighted by Gasteiger charge is -2.26. The number of fused-ring (bicyclic) bond motifs is 3. The Morgan fingerprint density at radius 1 is 1.23 bits per heavy atom. The van der Waals surface area contributed by atoms with E-state index < -0.39 is 0 Å². The van der Waals surface area contributed by atoms with Crippen LogP contribution >= 0.6 is 23.5 Å². The van der Waals surface area contributed by atoms with E-state index in [0.29, 0.717) is 11.4 Å². The molecule has 1 atom stereocenters. The first-order valence-electron chi connectivity index (χ1n) is 9.38. The average molecular weight is 440 g/mol. The van der Waals surface area contributed by atoms with E-state index in [1.54, 1.807) is 4.57 Å². The van der Waals surface area contributed by atoms with Crippen LogP contribution in [0.15, 0.2) is 62.9 Å². The lowest BCUT2D eigenvalue weighted by molar-refractivity contribution is -0.137. The van der Waals surface area contributed by atoms with E-state index in [9.17, 15) is 9.59 Å². The van der Waals surface area contributed by atoms with Crippen LogP contribution in [0.2, 0.25) is 0 Å². The molecule has 0 saturated carbocycles. The molecule has 154 valence electrons. The maximum absolute atomic E-state index is 13.4. The van der Waals surface area contributed by atoms with Gasteiger partial charge in [-0.1, -0.05) is 30.0 Å². The third-order valence-electron chi connectivity index (χ3n) is 5.18. The van der Waals surface area contributed by atoms with Gasteiger partial charge in [0, 0.05) is 28.7 Å². The molecule has 1 amide bonds. The molecule has 0 bridgehead atoms. The zero-order valence-corrected chi connectivity index (χ0v) is 18.4. The second-order valence-corrected chi connectivity index (χ2v) is 9.46. The second kappa shape index (κ2) is 8.20. The van der Waals surface area contributed by atoms with Crippen LogP contribution in [0.3, 0.4) is 0 Å². The first-order valence-corrected chi connectivity index (χ1v) is 11.2. The Morgan fingerprint density at radius 3 is 2.73 bits per heavy atom. The fourth-order valence-electron chi connectivity index (χ4n) is 3.69. The van der Waals surface area contributed by atoms with Crippen molar-refractivity contribution in [2.45, 2.75) is 19.8 Å². The number of hydrogen-bond donors (Lipinski definition) is 2. The number of ether oxygens (including phenoxy) is 1. The molecular formula is C22H21N3O3S2. The van der Waals surface area contributed by atoms with E-state index in [1.165, 1.54) is 30.6 Å². The van der Waals surface area contributed by atoms with Crippen molar-refractivity contribution in [1.82, 2.24) is 4.57 Å². The Bertz CT molecular complexity index is 1130. The molecule has 1 aromatic heterocycles. The molecule has 2 N–H and O–H groups in total. The molecule has 8 heteroatoms.